The smallest absolute Gasteiger partial charge is 0.423 e. The number of hydrogen-bond donors (Lipinski definition) is 0. The molecule has 0 atom stereocenters. The highest BCUT2D eigenvalue weighted by atomic mass is 19.4. The van der Waals surface area contributed by atoms with Crippen LogP contribution in [-0.4, -0.2) is 11.7 Å². The van der Waals surface area contributed by atoms with Crippen LogP contribution in [0, 0.1) is 0 Å². The van der Waals surface area contributed by atoms with Gasteiger partial charge >= 0.3 is 6.18 Å². The van der Waals surface area contributed by atoms with Gasteiger partial charge in [-0.25, -0.2) is 0 Å². The van der Waals surface area contributed by atoms with E-state index in [1.807, 2.05) is 0 Å². The summed E-state index contributed by atoms with van der Waals surface area (Å²) in [5.74, 6) is -0.324. The molecule has 1 fully saturated rings. The summed E-state index contributed by atoms with van der Waals surface area (Å²) in [6.07, 6.45) is -2.97. The molecule has 1 aromatic carbocycles. The summed E-state index contributed by atoms with van der Waals surface area (Å²) in [5.41, 5.74) is -1.52. The largest absolute Gasteiger partial charge is 0.490 e. The summed E-state index contributed by atoms with van der Waals surface area (Å²) in [6.45, 7) is 5.13. The molecule has 2 rings (SSSR count). The maximum atomic E-state index is 13.2. The van der Waals surface area contributed by atoms with Crippen molar-refractivity contribution in [3.05, 3.63) is 23.8 Å². The first-order valence-electron chi connectivity index (χ1n) is 6.23. The van der Waals surface area contributed by atoms with Gasteiger partial charge in [-0.2, -0.15) is 13.2 Å². The lowest BCUT2D eigenvalue weighted by Crippen LogP contribution is -2.25. The molecule has 1 saturated carbocycles. The number of hydrogen-bond acceptors (Lipinski definition) is 2. The van der Waals surface area contributed by atoms with E-state index in [9.17, 15) is 13.2 Å². The zero-order chi connectivity index (χ0) is 14.3. The molecule has 1 aliphatic rings. The molecule has 5 heteroatoms. The van der Waals surface area contributed by atoms with Crippen molar-refractivity contribution in [3.8, 4) is 11.5 Å². The number of halogens is 3. The maximum absolute atomic E-state index is 13.2. The first-order valence-corrected chi connectivity index (χ1v) is 6.23. The molecular formula is C14H17F3O2. The Kier molecular flexibility index (Phi) is 3.41. The topological polar surface area (TPSA) is 18.5 Å². The van der Waals surface area contributed by atoms with E-state index in [0.29, 0.717) is 0 Å². The molecule has 0 bridgehead atoms. The zero-order valence-electron chi connectivity index (χ0n) is 11.2. The lowest BCUT2D eigenvalue weighted by atomic mass is 10.1. The van der Waals surface area contributed by atoms with Gasteiger partial charge in [-0.15, -0.1) is 0 Å². The Balaban J connectivity index is 2.40. The molecular weight excluding hydrogens is 257 g/mol. The van der Waals surface area contributed by atoms with Gasteiger partial charge in [-0.3, -0.25) is 0 Å². The standard InChI is InChI=1S/C14H17F3O2/c1-13(2,3)19-11-6-4-5-10(18-9-7-8-9)12(11)14(15,16)17/h4-6,9H,7-8H2,1-3H3. The Morgan fingerprint density at radius 2 is 1.63 bits per heavy atom. The highest BCUT2D eigenvalue weighted by Crippen LogP contribution is 2.44. The third-order valence-corrected chi connectivity index (χ3v) is 2.51. The fraction of sp³-hybridized carbons (Fsp3) is 0.571. The molecule has 1 aliphatic carbocycles. The lowest BCUT2D eigenvalue weighted by Gasteiger charge is -2.25. The quantitative estimate of drug-likeness (QED) is 0.812. The lowest BCUT2D eigenvalue weighted by molar-refractivity contribution is -0.141. The van der Waals surface area contributed by atoms with Crippen molar-refractivity contribution >= 4 is 0 Å². The normalized spacial score (nSPS) is 16.3. The zero-order valence-corrected chi connectivity index (χ0v) is 11.2. The molecule has 0 heterocycles. The second-order valence-corrected chi connectivity index (χ2v) is 5.66. The molecule has 19 heavy (non-hydrogen) atoms. The molecule has 2 nitrogen and oxygen atoms in total. The minimum atomic E-state index is -4.49. The van der Waals surface area contributed by atoms with E-state index < -0.39 is 17.3 Å². The van der Waals surface area contributed by atoms with Crippen LogP contribution in [0.4, 0.5) is 13.2 Å². The van der Waals surface area contributed by atoms with Crippen molar-refractivity contribution in [2.45, 2.75) is 51.5 Å². The van der Waals surface area contributed by atoms with Crippen LogP contribution in [0.25, 0.3) is 0 Å². The minimum Gasteiger partial charge on any atom is -0.490 e. The van der Waals surface area contributed by atoms with Gasteiger partial charge in [0.15, 0.2) is 0 Å². The van der Waals surface area contributed by atoms with Crippen molar-refractivity contribution in [1.29, 1.82) is 0 Å². The molecule has 0 aliphatic heterocycles. The summed E-state index contributed by atoms with van der Waals surface area (Å²) in [4.78, 5) is 0. The fourth-order valence-corrected chi connectivity index (χ4v) is 1.67. The van der Waals surface area contributed by atoms with Crippen molar-refractivity contribution in [2.75, 3.05) is 0 Å². The molecule has 0 N–H and O–H groups in total. The van der Waals surface area contributed by atoms with Crippen molar-refractivity contribution < 1.29 is 22.6 Å². The molecule has 0 spiro atoms. The average molecular weight is 274 g/mol. The number of rotatable bonds is 3. The van der Waals surface area contributed by atoms with Gasteiger partial charge in [0.2, 0.25) is 0 Å². The van der Waals surface area contributed by atoms with Crippen molar-refractivity contribution in [3.63, 3.8) is 0 Å². The highest BCUT2D eigenvalue weighted by Gasteiger charge is 2.40. The summed E-state index contributed by atoms with van der Waals surface area (Å²) in [6, 6.07) is 4.19. The van der Waals surface area contributed by atoms with Crippen molar-refractivity contribution in [1.82, 2.24) is 0 Å². The van der Waals surface area contributed by atoms with E-state index in [0.717, 1.165) is 12.8 Å². The third-order valence-electron chi connectivity index (χ3n) is 2.51. The van der Waals surface area contributed by atoms with Crippen molar-refractivity contribution in [2.24, 2.45) is 0 Å². The molecule has 0 aromatic heterocycles. The number of alkyl halides is 3. The van der Waals surface area contributed by atoms with Gasteiger partial charge in [0, 0.05) is 0 Å². The Labute approximate surface area is 110 Å². The van der Waals surface area contributed by atoms with E-state index in [1.165, 1.54) is 18.2 Å². The SMILES string of the molecule is CC(C)(C)Oc1cccc(OC2CC2)c1C(F)(F)F. The first kappa shape index (κ1) is 14.0. The van der Waals surface area contributed by atoms with Crippen LogP contribution in [0.15, 0.2) is 18.2 Å². The summed E-state index contributed by atoms with van der Waals surface area (Å²) >= 11 is 0. The summed E-state index contributed by atoms with van der Waals surface area (Å²) < 4.78 is 50.3. The van der Waals surface area contributed by atoms with Crippen LogP contribution < -0.4 is 9.47 Å². The van der Waals surface area contributed by atoms with Crippen LogP contribution in [-0.2, 0) is 6.18 Å². The van der Waals surface area contributed by atoms with Crippen LogP contribution in [0.1, 0.15) is 39.2 Å². The van der Waals surface area contributed by atoms with Crippen LogP contribution in [0.2, 0.25) is 0 Å². The predicted molar refractivity (Wildman–Crippen MR) is 65.5 cm³/mol. The molecule has 0 amide bonds. The van der Waals surface area contributed by atoms with Crippen LogP contribution in [0.3, 0.4) is 0 Å². The number of benzene rings is 1. The van der Waals surface area contributed by atoms with E-state index in [4.69, 9.17) is 9.47 Å². The van der Waals surface area contributed by atoms with Gasteiger partial charge in [0.25, 0.3) is 0 Å². The Bertz CT molecular complexity index is 457. The Morgan fingerprint density at radius 3 is 2.11 bits per heavy atom. The van der Waals surface area contributed by atoms with Gasteiger partial charge in [-0.05, 0) is 45.7 Å². The van der Waals surface area contributed by atoms with E-state index >= 15 is 0 Å². The predicted octanol–water partition coefficient (Wildman–Crippen LogP) is 4.42. The van der Waals surface area contributed by atoms with Crippen LogP contribution in [0.5, 0.6) is 11.5 Å². The van der Waals surface area contributed by atoms with E-state index in [2.05, 4.69) is 0 Å². The summed E-state index contributed by atoms with van der Waals surface area (Å²) in [7, 11) is 0. The second-order valence-electron chi connectivity index (χ2n) is 5.66. The maximum Gasteiger partial charge on any atom is 0.423 e. The fourth-order valence-electron chi connectivity index (χ4n) is 1.67. The third kappa shape index (κ3) is 3.78. The first-order chi connectivity index (χ1) is 8.67. The molecule has 0 radical (unpaired) electrons. The van der Waals surface area contributed by atoms with E-state index in [-0.39, 0.29) is 17.6 Å². The van der Waals surface area contributed by atoms with Gasteiger partial charge in [-0.1, -0.05) is 6.07 Å². The van der Waals surface area contributed by atoms with Gasteiger partial charge in [0.1, 0.15) is 22.7 Å². The van der Waals surface area contributed by atoms with Gasteiger partial charge < -0.3 is 9.47 Å². The second kappa shape index (κ2) is 4.62. The average Bonchev–Trinajstić information content (AvgIpc) is 2.97. The molecule has 0 unspecified atom stereocenters. The Hall–Kier alpha value is -1.39. The number of ether oxygens (including phenoxy) is 2. The molecule has 106 valence electrons. The minimum absolute atomic E-state index is 0.0917. The van der Waals surface area contributed by atoms with Crippen LogP contribution >= 0.6 is 0 Å². The monoisotopic (exact) mass is 274 g/mol. The summed E-state index contributed by atoms with van der Waals surface area (Å²) in [5, 5.41) is 0. The molecule has 1 aromatic rings. The van der Waals surface area contributed by atoms with E-state index in [1.54, 1.807) is 20.8 Å². The molecule has 0 saturated heterocycles. The Morgan fingerprint density at radius 1 is 1.05 bits per heavy atom. The van der Waals surface area contributed by atoms with Gasteiger partial charge in [0.05, 0.1) is 6.10 Å². The highest BCUT2D eigenvalue weighted by molar-refractivity contribution is 5.47.